The minimum absolute atomic E-state index is 0.130. The van der Waals surface area contributed by atoms with E-state index in [-0.39, 0.29) is 6.42 Å². The zero-order valence-corrected chi connectivity index (χ0v) is 11.5. The van der Waals surface area contributed by atoms with E-state index in [9.17, 15) is 14.0 Å². The summed E-state index contributed by atoms with van der Waals surface area (Å²) in [6.45, 7) is 4.77. The zero-order chi connectivity index (χ0) is 14.5. The number of carboxylic acid groups (broad SMARTS) is 1. The van der Waals surface area contributed by atoms with Crippen molar-refractivity contribution in [1.29, 1.82) is 0 Å². The quantitative estimate of drug-likeness (QED) is 0.796. The molecule has 1 atom stereocenters. The molecule has 0 aromatic rings. The number of carboxylic acids is 1. The molecule has 2 aliphatic rings. The van der Waals surface area contributed by atoms with Crippen molar-refractivity contribution in [3.63, 3.8) is 0 Å². The topological polar surface area (TPSA) is 66.8 Å². The molecule has 19 heavy (non-hydrogen) atoms. The van der Waals surface area contributed by atoms with E-state index in [2.05, 4.69) is 0 Å². The molecule has 0 aromatic carbocycles. The molecule has 0 unspecified atom stereocenters. The Kier molecular flexibility index (Phi) is 3.03. The van der Waals surface area contributed by atoms with Crippen LogP contribution in [0.4, 0.5) is 9.18 Å². The van der Waals surface area contributed by atoms with Gasteiger partial charge in [0.15, 0.2) is 0 Å². The van der Waals surface area contributed by atoms with Crippen LogP contribution in [0.15, 0.2) is 0 Å². The van der Waals surface area contributed by atoms with Crippen molar-refractivity contribution in [1.82, 2.24) is 4.90 Å². The Morgan fingerprint density at radius 2 is 1.89 bits per heavy atom. The van der Waals surface area contributed by atoms with Gasteiger partial charge in [-0.15, -0.1) is 0 Å². The van der Waals surface area contributed by atoms with Crippen LogP contribution in [0.2, 0.25) is 0 Å². The zero-order valence-electron chi connectivity index (χ0n) is 11.5. The summed E-state index contributed by atoms with van der Waals surface area (Å²) in [6, 6.07) is 0. The number of amides is 1. The lowest BCUT2D eigenvalue weighted by Crippen LogP contribution is -2.53. The standard InChI is InChI=1S/C13H20FNO4/c1-11(2,3)19-10(18)15-8-13(14,9(16)17)7-12(15)5-4-6-12/h4-8H2,1-3H3,(H,16,17)/t13-/m1/s1. The molecule has 2 rings (SSSR count). The summed E-state index contributed by atoms with van der Waals surface area (Å²) >= 11 is 0. The van der Waals surface area contributed by atoms with Gasteiger partial charge >= 0.3 is 12.1 Å². The van der Waals surface area contributed by atoms with Crippen LogP contribution in [0.25, 0.3) is 0 Å². The van der Waals surface area contributed by atoms with E-state index in [1.807, 2.05) is 0 Å². The molecule has 1 aliphatic carbocycles. The first-order valence-corrected chi connectivity index (χ1v) is 6.51. The maximum absolute atomic E-state index is 14.3. The SMILES string of the molecule is CC(C)(C)OC(=O)N1C[C@@](F)(C(=O)O)CC12CCC2. The first-order valence-electron chi connectivity index (χ1n) is 6.51. The van der Waals surface area contributed by atoms with Crippen molar-refractivity contribution in [2.75, 3.05) is 6.54 Å². The smallest absolute Gasteiger partial charge is 0.410 e. The van der Waals surface area contributed by atoms with E-state index in [1.165, 1.54) is 4.90 Å². The van der Waals surface area contributed by atoms with E-state index in [4.69, 9.17) is 9.84 Å². The number of aliphatic carboxylic acids is 1. The van der Waals surface area contributed by atoms with Gasteiger partial charge in [-0.05, 0) is 40.0 Å². The number of rotatable bonds is 1. The number of alkyl halides is 1. The summed E-state index contributed by atoms with van der Waals surface area (Å²) in [4.78, 5) is 24.5. The van der Waals surface area contributed by atoms with E-state index in [0.717, 1.165) is 6.42 Å². The molecule has 1 saturated heterocycles. The van der Waals surface area contributed by atoms with Crippen LogP contribution >= 0.6 is 0 Å². The third-order valence-electron chi connectivity index (χ3n) is 3.87. The van der Waals surface area contributed by atoms with Gasteiger partial charge in [0.2, 0.25) is 5.67 Å². The second kappa shape index (κ2) is 4.08. The van der Waals surface area contributed by atoms with Crippen molar-refractivity contribution in [2.45, 2.75) is 63.3 Å². The molecule has 1 saturated carbocycles. The van der Waals surface area contributed by atoms with Gasteiger partial charge in [0, 0.05) is 6.42 Å². The Labute approximate surface area is 111 Å². The number of carbonyl (C=O) groups excluding carboxylic acids is 1. The predicted molar refractivity (Wildman–Crippen MR) is 65.6 cm³/mol. The first kappa shape index (κ1) is 14.1. The normalized spacial score (nSPS) is 29.2. The van der Waals surface area contributed by atoms with Gasteiger partial charge in [-0.2, -0.15) is 0 Å². The monoisotopic (exact) mass is 273 g/mol. The molecule has 1 N–H and O–H groups in total. The first-order chi connectivity index (χ1) is 8.58. The fourth-order valence-corrected chi connectivity index (χ4v) is 2.84. The lowest BCUT2D eigenvalue weighted by atomic mass is 9.73. The lowest BCUT2D eigenvalue weighted by molar-refractivity contribution is -0.150. The van der Waals surface area contributed by atoms with Crippen molar-refractivity contribution in [3.05, 3.63) is 0 Å². The number of likely N-dealkylation sites (tertiary alicyclic amines) is 1. The maximum atomic E-state index is 14.3. The Balaban J connectivity index is 2.19. The molecule has 1 heterocycles. The van der Waals surface area contributed by atoms with E-state index < -0.39 is 35.4 Å². The predicted octanol–water partition coefficient (Wildman–Crippen LogP) is 2.34. The summed E-state index contributed by atoms with van der Waals surface area (Å²) in [5, 5.41) is 9.00. The second-order valence-electron chi connectivity index (χ2n) is 6.59. The maximum Gasteiger partial charge on any atom is 0.410 e. The van der Waals surface area contributed by atoms with Crippen LogP contribution in [-0.4, -0.2) is 45.4 Å². The summed E-state index contributed by atoms with van der Waals surface area (Å²) in [5.41, 5.74) is -3.68. The van der Waals surface area contributed by atoms with Crippen LogP contribution in [0.3, 0.4) is 0 Å². The molecule has 1 spiro atoms. The van der Waals surface area contributed by atoms with Gasteiger partial charge in [-0.25, -0.2) is 14.0 Å². The van der Waals surface area contributed by atoms with Crippen molar-refractivity contribution in [3.8, 4) is 0 Å². The number of carbonyl (C=O) groups is 2. The molecule has 5 nitrogen and oxygen atoms in total. The van der Waals surface area contributed by atoms with Gasteiger partial charge in [-0.3, -0.25) is 4.90 Å². The van der Waals surface area contributed by atoms with Crippen molar-refractivity contribution in [2.24, 2.45) is 0 Å². The van der Waals surface area contributed by atoms with E-state index in [1.54, 1.807) is 20.8 Å². The largest absolute Gasteiger partial charge is 0.479 e. The number of ether oxygens (including phenoxy) is 1. The van der Waals surface area contributed by atoms with Gasteiger partial charge in [0.1, 0.15) is 5.60 Å². The molecule has 1 aliphatic heterocycles. The number of nitrogens with zero attached hydrogens (tertiary/aromatic N) is 1. The minimum Gasteiger partial charge on any atom is -0.479 e. The van der Waals surface area contributed by atoms with Crippen molar-refractivity contribution < 1.29 is 23.8 Å². The fraction of sp³-hybridized carbons (Fsp3) is 0.846. The highest BCUT2D eigenvalue weighted by molar-refractivity contribution is 5.81. The van der Waals surface area contributed by atoms with Gasteiger partial charge in [-0.1, -0.05) is 0 Å². The molecule has 1 amide bonds. The Morgan fingerprint density at radius 3 is 2.26 bits per heavy atom. The van der Waals surface area contributed by atoms with Gasteiger partial charge in [0.05, 0.1) is 12.1 Å². The molecule has 0 radical (unpaired) electrons. The highest BCUT2D eigenvalue weighted by Gasteiger charge is 2.62. The van der Waals surface area contributed by atoms with Crippen LogP contribution < -0.4 is 0 Å². The highest BCUT2D eigenvalue weighted by Crippen LogP contribution is 2.50. The second-order valence-corrected chi connectivity index (χ2v) is 6.59. The number of hydrogen-bond acceptors (Lipinski definition) is 3. The fourth-order valence-electron chi connectivity index (χ4n) is 2.84. The number of halogens is 1. The average Bonchev–Trinajstić information content (AvgIpc) is 2.51. The summed E-state index contributed by atoms with van der Waals surface area (Å²) in [5.74, 6) is -1.50. The van der Waals surface area contributed by atoms with Crippen LogP contribution in [0.5, 0.6) is 0 Å². The highest BCUT2D eigenvalue weighted by atomic mass is 19.1. The van der Waals surface area contributed by atoms with Gasteiger partial charge < -0.3 is 9.84 Å². The Bertz CT molecular complexity index is 413. The van der Waals surface area contributed by atoms with Crippen molar-refractivity contribution >= 4 is 12.1 Å². The summed E-state index contributed by atoms with van der Waals surface area (Å²) < 4.78 is 19.6. The Morgan fingerprint density at radius 1 is 1.32 bits per heavy atom. The Hall–Kier alpha value is -1.33. The number of hydrogen-bond donors (Lipinski definition) is 1. The summed E-state index contributed by atoms with van der Waals surface area (Å²) in [6.07, 6.45) is 1.42. The molecule has 0 bridgehead atoms. The van der Waals surface area contributed by atoms with E-state index in [0.29, 0.717) is 12.8 Å². The summed E-state index contributed by atoms with van der Waals surface area (Å²) in [7, 11) is 0. The molecule has 108 valence electrons. The molecular formula is C13H20FNO4. The van der Waals surface area contributed by atoms with E-state index >= 15 is 0 Å². The van der Waals surface area contributed by atoms with Crippen LogP contribution in [-0.2, 0) is 9.53 Å². The molecular weight excluding hydrogens is 253 g/mol. The average molecular weight is 273 g/mol. The minimum atomic E-state index is -2.35. The molecule has 0 aromatic heterocycles. The third kappa shape index (κ3) is 2.40. The molecule has 2 fully saturated rings. The van der Waals surface area contributed by atoms with Gasteiger partial charge in [0.25, 0.3) is 0 Å². The van der Waals surface area contributed by atoms with Crippen LogP contribution in [0, 0.1) is 0 Å². The third-order valence-corrected chi connectivity index (χ3v) is 3.87. The molecule has 6 heteroatoms. The van der Waals surface area contributed by atoms with Crippen LogP contribution in [0.1, 0.15) is 46.5 Å². The lowest BCUT2D eigenvalue weighted by Gasteiger charge is -2.45.